The van der Waals surface area contributed by atoms with Gasteiger partial charge in [-0.25, -0.2) is 0 Å². The molecule has 0 aliphatic rings. The van der Waals surface area contributed by atoms with Crippen LogP contribution in [0.1, 0.15) is 11.1 Å². The molecule has 0 amide bonds. The van der Waals surface area contributed by atoms with E-state index in [1.54, 1.807) is 19.2 Å². The molecule has 0 radical (unpaired) electrons. The number of nitriles is 1. The quantitative estimate of drug-likeness (QED) is 0.913. The zero-order valence-electron chi connectivity index (χ0n) is 10.7. The van der Waals surface area contributed by atoms with Crippen LogP contribution in [0.3, 0.4) is 0 Å². The molecule has 19 heavy (non-hydrogen) atoms. The lowest BCUT2D eigenvalue weighted by Gasteiger charge is -2.12. The number of rotatable bonds is 3. The highest BCUT2D eigenvalue weighted by atomic mass is 79.9. The number of anilines is 2. The Bertz CT molecular complexity index is 647. The molecule has 0 spiro atoms. The molecule has 0 saturated carbocycles. The van der Waals surface area contributed by atoms with Crippen molar-refractivity contribution in [2.75, 3.05) is 12.4 Å². The Balaban J connectivity index is 2.42. The van der Waals surface area contributed by atoms with Gasteiger partial charge in [0.2, 0.25) is 0 Å². The van der Waals surface area contributed by atoms with Gasteiger partial charge in [-0.2, -0.15) is 5.26 Å². The van der Waals surface area contributed by atoms with Crippen molar-refractivity contribution in [3.05, 3.63) is 52.0 Å². The van der Waals surface area contributed by atoms with Crippen molar-refractivity contribution in [1.29, 1.82) is 5.26 Å². The largest absolute Gasteiger partial charge is 0.497 e. The second kappa shape index (κ2) is 5.77. The molecule has 3 nitrogen and oxygen atoms in total. The summed E-state index contributed by atoms with van der Waals surface area (Å²) >= 11 is 3.54. The second-order valence-electron chi connectivity index (χ2n) is 4.08. The Morgan fingerprint density at radius 3 is 2.68 bits per heavy atom. The van der Waals surface area contributed by atoms with Gasteiger partial charge in [-0.3, -0.25) is 0 Å². The predicted octanol–water partition coefficient (Wildman–Crippen LogP) is 4.38. The van der Waals surface area contributed by atoms with Crippen LogP contribution < -0.4 is 10.1 Å². The lowest BCUT2D eigenvalue weighted by Crippen LogP contribution is -1.96. The number of nitrogens with one attached hydrogen (secondary N) is 1. The van der Waals surface area contributed by atoms with Crippen molar-refractivity contribution >= 4 is 27.3 Å². The normalized spacial score (nSPS) is 9.79. The van der Waals surface area contributed by atoms with Gasteiger partial charge in [0.25, 0.3) is 0 Å². The minimum atomic E-state index is 0.578. The smallest absolute Gasteiger partial charge is 0.121 e. The molecule has 0 aliphatic heterocycles. The van der Waals surface area contributed by atoms with Gasteiger partial charge < -0.3 is 10.1 Å². The van der Waals surface area contributed by atoms with Crippen molar-refractivity contribution in [3.63, 3.8) is 0 Å². The first-order chi connectivity index (χ1) is 9.15. The summed E-state index contributed by atoms with van der Waals surface area (Å²) in [5.74, 6) is 0.713. The summed E-state index contributed by atoms with van der Waals surface area (Å²) in [7, 11) is 1.60. The molecule has 96 valence electrons. The predicted molar refractivity (Wildman–Crippen MR) is 79.9 cm³/mol. The van der Waals surface area contributed by atoms with E-state index in [0.717, 1.165) is 21.4 Å². The van der Waals surface area contributed by atoms with Crippen LogP contribution >= 0.6 is 15.9 Å². The third kappa shape index (κ3) is 2.88. The van der Waals surface area contributed by atoms with Crippen LogP contribution in [0.15, 0.2) is 40.9 Å². The van der Waals surface area contributed by atoms with Gasteiger partial charge >= 0.3 is 0 Å². The molecular formula is C15H13BrN2O. The fourth-order valence-corrected chi connectivity index (χ4v) is 2.10. The Hall–Kier alpha value is -1.99. The molecular weight excluding hydrogens is 304 g/mol. The van der Waals surface area contributed by atoms with Crippen molar-refractivity contribution in [1.82, 2.24) is 0 Å². The zero-order valence-corrected chi connectivity index (χ0v) is 12.3. The maximum Gasteiger partial charge on any atom is 0.121 e. The van der Waals surface area contributed by atoms with Crippen LogP contribution in [0.25, 0.3) is 0 Å². The Kier molecular flexibility index (Phi) is 4.08. The molecule has 2 aromatic carbocycles. The maximum absolute atomic E-state index is 9.14. The van der Waals surface area contributed by atoms with Crippen molar-refractivity contribution < 1.29 is 4.74 Å². The van der Waals surface area contributed by atoms with Crippen molar-refractivity contribution in [3.8, 4) is 11.8 Å². The fraction of sp³-hybridized carbons (Fsp3) is 0.133. The second-order valence-corrected chi connectivity index (χ2v) is 4.88. The first-order valence-electron chi connectivity index (χ1n) is 5.76. The van der Waals surface area contributed by atoms with Crippen LogP contribution in [0.4, 0.5) is 11.4 Å². The topological polar surface area (TPSA) is 45.0 Å². The number of halogens is 1. The standard InChI is InChI=1S/C15H13BrN2O/c1-10-4-3-5-13(15(10)16)18-14-8-12(19-2)7-6-11(14)9-17/h3-8,18H,1-2H3. The molecule has 4 heteroatoms. The Labute approximate surface area is 121 Å². The molecule has 0 saturated heterocycles. The number of nitrogens with zero attached hydrogens (tertiary/aromatic N) is 1. The van der Waals surface area contributed by atoms with Crippen LogP contribution in [-0.2, 0) is 0 Å². The molecule has 0 aliphatic carbocycles. The van der Waals surface area contributed by atoms with Gasteiger partial charge in [0.15, 0.2) is 0 Å². The number of aryl methyl sites for hydroxylation is 1. The highest BCUT2D eigenvalue weighted by Gasteiger charge is 2.07. The average Bonchev–Trinajstić information content (AvgIpc) is 2.43. The lowest BCUT2D eigenvalue weighted by molar-refractivity contribution is 0.415. The highest BCUT2D eigenvalue weighted by molar-refractivity contribution is 9.10. The van der Waals surface area contributed by atoms with Crippen LogP contribution in [0.2, 0.25) is 0 Å². The molecule has 0 fully saturated rings. The Morgan fingerprint density at radius 2 is 2.00 bits per heavy atom. The summed E-state index contributed by atoms with van der Waals surface area (Å²) < 4.78 is 6.17. The fourth-order valence-electron chi connectivity index (χ4n) is 1.74. The van der Waals surface area contributed by atoms with E-state index in [0.29, 0.717) is 11.3 Å². The van der Waals surface area contributed by atoms with E-state index in [9.17, 15) is 0 Å². The summed E-state index contributed by atoms with van der Waals surface area (Å²) in [6.45, 7) is 2.02. The number of methoxy groups -OCH3 is 1. The molecule has 0 heterocycles. The summed E-state index contributed by atoms with van der Waals surface area (Å²) in [4.78, 5) is 0. The van der Waals surface area contributed by atoms with Crippen molar-refractivity contribution in [2.45, 2.75) is 6.92 Å². The summed E-state index contributed by atoms with van der Waals surface area (Å²) in [6, 6.07) is 13.4. The third-order valence-electron chi connectivity index (χ3n) is 2.81. The molecule has 2 rings (SSSR count). The molecule has 0 unspecified atom stereocenters. The third-order valence-corrected chi connectivity index (χ3v) is 3.86. The van der Waals surface area contributed by atoms with Crippen molar-refractivity contribution in [2.24, 2.45) is 0 Å². The number of hydrogen-bond acceptors (Lipinski definition) is 3. The first-order valence-corrected chi connectivity index (χ1v) is 6.55. The maximum atomic E-state index is 9.14. The monoisotopic (exact) mass is 316 g/mol. The summed E-state index contributed by atoms with van der Waals surface area (Å²) in [5, 5.41) is 12.4. The van der Waals surface area contributed by atoms with Crippen LogP contribution in [-0.4, -0.2) is 7.11 Å². The van der Waals surface area contributed by atoms with Gasteiger partial charge in [-0.15, -0.1) is 0 Å². The molecule has 0 bridgehead atoms. The molecule has 2 aromatic rings. The van der Waals surface area contributed by atoms with Gasteiger partial charge in [0.1, 0.15) is 11.8 Å². The van der Waals surface area contributed by atoms with Gasteiger partial charge in [-0.1, -0.05) is 12.1 Å². The van der Waals surface area contributed by atoms with E-state index in [1.807, 2.05) is 31.2 Å². The Morgan fingerprint density at radius 1 is 1.21 bits per heavy atom. The number of hydrogen-bond donors (Lipinski definition) is 1. The van der Waals surface area contributed by atoms with E-state index in [1.165, 1.54) is 0 Å². The van der Waals surface area contributed by atoms with E-state index in [2.05, 4.69) is 27.3 Å². The lowest BCUT2D eigenvalue weighted by atomic mass is 10.1. The van der Waals surface area contributed by atoms with E-state index in [-0.39, 0.29) is 0 Å². The molecule has 0 atom stereocenters. The zero-order chi connectivity index (χ0) is 13.8. The molecule has 0 aromatic heterocycles. The SMILES string of the molecule is COc1ccc(C#N)c(Nc2cccc(C)c2Br)c1. The summed E-state index contributed by atoms with van der Waals surface area (Å²) in [6.07, 6.45) is 0. The minimum absolute atomic E-state index is 0.578. The minimum Gasteiger partial charge on any atom is -0.497 e. The summed E-state index contributed by atoms with van der Waals surface area (Å²) in [5.41, 5.74) is 3.36. The number of benzene rings is 2. The van der Waals surface area contributed by atoms with E-state index in [4.69, 9.17) is 10.00 Å². The number of ether oxygens (including phenoxy) is 1. The van der Waals surface area contributed by atoms with Gasteiger partial charge in [0, 0.05) is 10.5 Å². The van der Waals surface area contributed by atoms with E-state index >= 15 is 0 Å². The molecule has 1 N–H and O–H groups in total. The van der Waals surface area contributed by atoms with Gasteiger partial charge in [-0.05, 0) is 46.6 Å². The van der Waals surface area contributed by atoms with Crippen LogP contribution in [0, 0.1) is 18.3 Å². The first kappa shape index (κ1) is 13.4. The van der Waals surface area contributed by atoms with Gasteiger partial charge in [0.05, 0.1) is 24.0 Å². The van der Waals surface area contributed by atoms with E-state index < -0.39 is 0 Å². The van der Waals surface area contributed by atoms with Crippen LogP contribution in [0.5, 0.6) is 5.75 Å². The highest BCUT2D eigenvalue weighted by Crippen LogP contribution is 2.31. The average molecular weight is 317 g/mol.